The van der Waals surface area contributed by atoms with Crippen LogP contribution in [0.5, 0.6) is 0 Å². The smallest absolute Gasteiger partial charge is 0.214 e. The van der Waals surface area contributed by atoms with Crippen molar-refractivity contribution in [2.45, 2.75) is 0 Å². The molecule has 1 heteroatoms. The van der Waals surface area contributed by atoms with E-state index in [-0.39, 0.29) is 17.1 Å². The fourth-order valence-corrected chi connectivity index (χ4v) is 0.556. The summed E-state index contributed by atoms with van der Waals surface area (Å²) in [6.45, 7) is 0. The summed E-state index contributed by atoms with van der Waals surface area (Å²) in [6, 6.07) is 15.6. The molecule has 0 aromatic heterocycles. The van der Waals surface area contributed by atoms with Crippen molar-refractivity contribution in [3.8, 4) is 0 Å². The van der Waals surface area contributed by atoms with Gasteiger partial charge >= 0.3 is 17.1 Å². The topological polar surface area (TPSA) is 0 Å². The number of hydrogen-bond acceptors (Lipinski definition) is 0. The molecule has 0 nitrogen and oxygen atoms in total. The summed E-state index contributed by atoms with van der Waals surface area (Å²) < 4.78 is 13.8. The summed E-state index contributed by atoms with van der Waals surface area (Å²) in [5, 5.41) is 0. The Morgan fingerprint density at radius 2 is 1.00 bits per heavy atom. The molecule has 0 N–H and O–H groups in total. The summed E-state index contributed by atoms with van der Waals surface area (Å²) in [5.41, 5.74) is 0. The molecule has 0 amide bonds. The van der Waals surface area contributed by atoms with Crippen molar-refractivity contribution in [2.75, 3.05) is 0 Å². The maximum absolute atomic E-state index is 6.88. The second-order valence-electron chi connectivity index (χ2n) is 1.77. The first-order chi connectivity index (χ1) is 5.79. The summed E-state index contributed by atoms with van der Waals surface area (Å²) >= 11 is 0. The minimum atomic E-state index is 0. The van der Waals surface area contributed by atoms with E-state index in [0.29, 0.717) is 12.1 Å². The molecule has 0 saturated carbocycles. The Balaban J connectivity index is 0.000000206. The molecule has 0 aliphatic heterocycles. The number of rotatable bonds is 0. The van der Waals surface area contributed by atoms with E-state index in [1.54, 1.807) is 24.3 Å². The van der Waals surface area contributed by atoms with E-state index >= 15 is 0 Å². The van der Waals surface area contributed by atoms with Crippen molar-refractivity contribution in [3.63, 3.8) is 0 Å². The van der Waals surface area contributed by atoms with Gasteiger partial charge < -0.3 is 0 Å². The van der Waals surface area contributed by atoms with E-state index < -0.39 is 0 Å². The first kappa shape index (κ1) is 6.90. The van der Waals surface area contributed by atoms with E-state index in [9.17, 15) is 0 Å². The van der Waals surface area contributed by atoms with Crippen molar-refractivity contribution >= 4 is 0 Å². The molecule has 2 aromatic carbocycles. The second-order valence-corrected chi connectivity index (χ2v) is 1.77. The standard InChI is InChI=1S/2C5H5.Fe/c2*1-2-4-5-3-1;/h2*1-5H;/q2*-1;+2/i2*1D;. The monoisotopic (exact) mass is 188 g/mol. The number of hydrogen-bond donors (Lipinski definition) is 0. The average Bonchev–Trinajstić information content (AvgIpc) is 2.63. The summed E-state index contributed by atoms with van der Waals surface area (Å²) in [5.74, 6) is 0. The zero-order valence-corrected chi connectivity index (χ0v) is 7.08. The van der Waals surface area contributed by atoms with Crippen LogP contribution in [-0.4, -0.2) is 0 Å². The Morgan fingerprint density at radius 1 is 0.727 bits per heavy atom. The molecule has 0 atom stereocenters. The molecule has 0 bridgehead atoms. The maximum atomic E-state index is 6.88. The van der Waals surface area contributed by atoms with Gasteiger partial charge in [0.1, 0.15) is 0 Å². The third-order valence-corrected chi connectivity index (χ3v) is 0.992. The van der Waals surface area contributed by atoms with Crippen molar-refractivity contribution in [1.29, 1.82) is 0 Å². The van der Waals surface area contributed by atoms with Crippen LogP contribution in [0.3, 0.4) is 0 Å². The third kappa shape index (κ3) is 5.65. The molecule has 0 radical (unpaired) electrons. The first-order valence-corrected chi connectivity index (χ1v) is 3.15. The fraction of sp³-hybridized carbons (Fsp3) is 0. The molecule has 2 aromatic rings. The zero-order valence-electron chi connectivity index (χ0n) is 7.97. The van der Waals surface area contributed by atoms with Gasteiger partial charge in [-0.3, -0.25) is 0 Å². The SMILES string of the molecule is [2H][c-]1cccc1.[2H][c-]1cccc1.[Fe+2]. The van der Waals surface area contributed by atoms with Gasteiger partial charge in [-0.05, 0) is 2.74 Å². The zero-order chi connectivity index (χ0) is 8.81. The predicted molar refractivity (Wildman–Crippen MR) is 44.1 cm³/mol. The molecule has 0 fully saturated rings. The van der Waals surface area contributed by atoms with Crippen LogP contribution in [0.25, 0.3) is 0 Å². The van der Waals surface area contributed by atoms with Crippen LogP contribution in [0.1, 0.15) is 2.74 Å². The molecule has 0 aliphatic carbocycles. The van der Waals surface area contributed by atoms with E-state index in [2.05, 4.69) is 0 Å². The minimum absolute atomic E-state index is 0. The van der Waals surface area contributed by atoms with Crippen molar-refractivity contribution in [2.24, 2.45) is 0 Å². The molecule has 0 saturated heterocycles. The molecular formula is C10H10Fe. The predicted octanol–water partition coefficient (Wildman–Crippen LogP) is 2.81. The fourth-order valence-electron chi connectivity index (χ4n) is 0.556. The van der Waals surface area contributed by atoms with Crippen molar-refractivity contribution < 1.29 is 19.8 Å². The van der Waals surface area contributed by atoms with Gasteiger partial charge in [-0.1, -0.05) is 0 Å². The van der Waals surface area contributed by atoms with Crippen LogP contribution in [0.4, 0.5) is 0 Å². The Bertz CT molecular complexity index is 252. The molecule has 0 spiro atoms. The Kier molecular flexibility index (Phi) is 4.60. The maximum Gasteiger partial charge on any atom is 2.00 e. The van der Waals surface area contributed by atoms with Gasteiger partial charge in [0.2, 0.25) is 0 Å². The summed E-state index contributed by atoms with van der Waals surface area (Å²) in [6.07, 6.45) is 0. The van der Waals surface area contributed by atoms with Crippen LogP contribution < -0.4 is 0 Å². The van der Waals surface area contributed by atoms with E-state index in [1.165, 1.54) is 0 Å². The van der Waals surface area contributed by atoms with Crippen LogP contribution in [0.15, 0.2) is 60.6 Å². The normalized spacial score (nSPS) is 9.82. The van der Waals surface area contributed by atoms with Crippen LogP contribution >= 0.6 is 0 Å². The summed E-state index contributed by atoms with van der Waals surface area (Å²) in [7, 11) is 0. The quantitative estimate of drug-likeness (QED) is 0.440. The van der Waals surface area contributed by atoms with Gasteiger partial charge in [0.15, 0.2) is 0 Å². The van der Waals surface area contributed by atoms with Gasteiger partial charge in [-0.2, -0.15) is 36.4 Å². The molecule has 0 heterocycles. The van der Waals surface area contributed by atoms with E-state index in [1.807, 2.05) is 24.3 Å². The Hall–Kier alpha value is -0.781. The van der Waals surface area contributed by atoms with Gasteiger partial charge in [-0.25, -0.2) is 24.3 Å². The van der Waals surface area contributed by atoms with Crippen LogP contribution in [-0.2, 0) is 17.1 Å². The Morgan fingerprint density at radius 3 is 1.09 bits per heavy atom. The molecule has 11 heavy (non-hydrogen) atoms. The molecule has 0 unspecified atom stereocenters. The molecule has 2 rings (SSSR count). The van der Waals surface area contributed by atoms with E-state index in [4.69, 9.17) is 2.74 Å². The van der Waals surface area contributed by atoms with E-state index in [0.717, 1.165) is 0 Å². The first-order valence-electron chi connectivity index (χ1n) is 4.15. The summed E-state index contributed by atoms with van der Waals surface area (Å²) in [4.78, 5) is 0. The van der Waals surface area contributed by atoms with Crippen molar-refractivity contribution in [3.05, 3.63) is 60.6 Å². The van der Waals surface area contributed by atoms with Gasteiger partial charge in [-0.15, -0.1) is 0 Å². The molecule has 58 valence electrons. The Labute approximate surface area is 80.9 Å². The van der Waals surface area contributed by atoms with Gasteiger partial charge in [0.05, 0.1) is 0 Å². The molecule has 0 aliphatic rings. The van der Waals surface area contributed by atoms with Crippen LogP contribution in [0.2, 0.25) is 0 Å². The van der Waals surface area contributed by atoms with Crippen LogP contribution in [0, 0.1) is 0 Å². The molecular weight excluding hydrogens is 176 g/mol. The minimum Gasteiger partial charge on any atom is -0.214 e. The van der Waals surface area contributed by atoms with Crippen molar-refractivity contribution in [1.82, 2.24) is 0 Å². The largest absolute Gasteiger partial charge is 2.00 e. The van der Waals surface area contributed by atoms with Gasteiger partial charge in [0.25, 0.3) is 0 Å². The second kappa shape index (κ2) is 7.33. The van der Waals surface area contributed by atoms with Gasteiger partial charge in [0, 0.05) is 0 Å². The third-order valence-electron chi connectivity index (χ3n) is 0.992. The average molecular weight is 188 g/mol.